The van der Waals surface area contributed by atoms with Crippen LogP contribution in [0.1, 0.15) is 5.69 Å². The van der Waals surface area contributed by atoms with Crippen molar-refractivity contribution in [1.82, 2.24) is 9.97 Å². The normalized spacial score (nSPS) is 9.89. The Morgan fingerprint density at radius 1 is 1.17 bits per heavy atom. The number of aromatic nitrogens is 2. The lowest BCUT2D eigenvalue weighted by atomic mass is 10.3. The summed E-state index contributed by atoms with van der Waals surface area (Å²) in [5.74, 6) is -0.342. The second-order valence-corrected chi connectivity index (χ2v) is 4.05. The van der Waals surface area contributed by atoms with Crippen molar-refractivity contribution >= 4 is 34.7 Å². The van der Waals surface area contributed by atoms with E-state index in [-0.39, 0.29) is 27.2 Å². The zero-order chi connectivity index (χ0) is 13.1. The molecule has 0 aliphatic carbocycles. The number of rotatable bonds is 2. The summed E-state index contributed by atoms with van der Waals surface area (Å²) in [5, 5.41) is 11.8. The Hall–Kier alpha value is -1.90. The largest absolute Gasteiger partial charge is 0.335 e. The van der Waals surface area contributed by atoms with Gasteiger partial charge in [-0.3, -0.25) is 0 Å². The summed E-state index contributed by atoms with van der Waals surface area (Å²) in [7, 11) is 0. The van der Waals surface area contributed by atoms with Gasteiger partial charge in [0.15, 0.2) is 11.5 Å². The Bertz CT molecular complexity index is 616. The van der Waals surface area contributed by atoms with Crippen LogP contribution in [0.15, 0.2) is 24.5 Å². The molecule has 2 rings (SSSR count). The van der Waals surface area contributed by atoms with Gasteiger partial charge in [-0.15, -0.1) is 0 Å². The molecule has 0 amide bonds. The quantitative estimate of drug-likeness (QED) is 0.915. The van der Waals surface area contributed by atoms with Crippen molar-refractivity contribution < 1.29 is 4.39 Å². The molecule has 0 atom stereocenters. The molecule has 1 aromatic heterocycles. The lowest BCUT2D eigenvalue weighted by molar-refractivity contribution is 0.628. The van der Waals surface area contributed by atoms with Crippen LogP contribution in [0.5, 0.6) is 0 Å². The van der Waals surface area contributed by atoms with Crippen LogP contribution in [0.25, 0.3) is 0 Å². The molecule has 4 nitrogen and oxygen atoms in total. The minimum absolute atomic E-state index is 0.0916. The number of hydrogen-bond acceptors (Lipinski definition) is 4. The van der Waals surface area contributed by atoms with Crippen molar-refractivity contribution in [3.05, 3.63) is 46.1 Å². The van der Waals surface area contributed by atoms with Crippen molar-refractivity contribution in [2.45, 2.75) is 0 Å². The first-order valence-electron chi connectivity index (χ1n) is 4.74. The second-order valence-electron chi connectivity index (χ2n) is 3.23. The maximum atomic E-state index is 13.0. The van der Waals surface area contributed by atoms with Gasteiger partial charge in [0.1, 0.15) is 11.9 Å². The number of nitrogens with zero attached hydrogens (tertiary/aromatic N) is 3. The summed E-state index contributed by atoms with van der Waals surface area (Å²) in [6, 6.07) is 4.09. The van der Waals surface area contributed by atoms with Crippen LogP contribution in [0, 0.1) is 17.1 Å². The molecule has 1 aromatic carbocycles. The van der Waals surface area contributed by atoms with Gasteiger partial charge in [-0.1, -0.05) is 23.2 Å². The first-order chi connectivity index (χ1) is 8.61. The van der Waals surface area contributed by atoms with Gasteiger partial charge in [-0.05, 0) is 12.1 Å². The third-order valence-corrected chi connectivity index (χ3v) is 2.65. The summed E-state index contributed by atoms with van der Waals surface area (Å²) >= 11 is 11.7. The van der Waals surface area contributed by atoms with Gasteiger partial charge >= 0.3 is 0 Å². The van der Waals surface area contributed by atoms with Crippen molar-refractivity contribution in [3.8, 4) is 6.07 Å². The van der Waals surface area contributed by atoms with E-state index in [0.29, 0.717) is 0 Å². The molecule has 0 aliphatic heterocycles. The number of halogens is 3. The van der Waals surface area contributed by atoms with Gasteiger partial charge in [-0.25, -0.2) is 14.4 Å². The van der Waals surface area contributed by atoms with Gasteiger partial charge in [-0.2, -0.15) is 5.26 Å². The molecule has 0 unspecified atom stereocenters. The lowest BCUT2D eigenvalue weighted by Crippen LogP contribution is -2.00. The Morgan fingerprint density at radius 3 is 2.39 bits per heavy atom. The van der Waals surface area contributed by atoms with E-state index in [1.165, 1.54) is 12.4 Å². The highest BCUT2D eigenvalue weighted by Crippen LogP contribution is 2.33. The molecule has 0 spiro atoms. The summed E-state index contributed by atoms with van der Waals surface area (Å²) in [6.07, 6.45) is 2.80. The third-order valence-electron chi connectivity index (χ3n) is 2.05. The molecular formula is C11H5Cl2FN4. The summed E-state index contributed by atoms with van der Waals surface area (Å²) in [4.78, 5) is 7.77. The Morgan fingerprint density at radius 2 is 1.78 bits per heavy atom. The molecule has 2 aromatic rings. The number of benzene rings is 1. The van der Waals surface area contributed by atoms with Gasteiger partial charge in [0.2, 0.25) is 0 Å². The molecule has 0 bridgehead atoms. The van der Waals surface area contributed by atoms with Crippen molar-refractivity contribution in [1.29, 1.82) is 5.26 Å². The number of hydrogen-bond donors (Lipinski definition) is 1. The number of anilines is 2. The van der Waals surface area contributed by atoms with Gasteiger partial charge in [0.25, 0.3) is 0 Å². The zero-order valence-electron chi connectivity index (χ0n) is 8.78. The monoisotopic (exact) mass is 282 g/mol. The molecule has 90 valence electrons. The zero-order valence-corrected chi connectivity index (χ0v) is 10.3. The standard InChI is InChI=1S/C11H5Cl2FN4/c12-7-3-6(14)4-8(13)10(7)18-11-9(5-15)16-1-2-17-11/h1-4H,(H,17,18). The third kappa shape index (κ3) is 2.50. The maximum absolute atomic E-state index is 13.0. The molecule has 0 radical (unpaired) electrons. The van der Waals surface area contributed by atoms with Gasteiger partial charge in [0.05, 0.1) is 15.7 Å². The number of nitrogens with one attached hydrogen (secondary N) is 1. The smallest absolute Gasteiger partial charge is 0.183 e. The fourth-order valence-corrected chi connectivity index (χ4v) is 1.85. The van der Waals surface area contributed by atoms with Crippen LogP contribution >= 0.6 is 23.2 Å². The molecule has 1 heterocycles. The van der Waals surface area contributed by atoms with Crippen molar-refractivity contribution in [2.24, 2.45) is 0 Å². The summed E-state index contributed by atoms with van der Waals surface area (Å²) in [6.45, 7) is 0. The van der Waals surface area contributed by atoms with Crippen LogP contribution in [-0.4, -0.2) is 9.97 Å². The Labute approximate surface area is 112 Å². The maximum Gasteiger partial charge on any atom is 0.183 e. The molecular weight excluding hydrogens is 278 g/mol. The fourth-order valence-electron chi connectivity index (χ4n) is 1.29. The van der Waals surface area contributed by atoms with Crippen LogP contribution in [0.4, 0.5) is 15.9 Å². The van der Waals surface area contributed by atoms with Crippen LogP contribution in [0.2, 0.25) is 10.0 Å². The first-order valence-corrected chi connectivity index (χ1v) is 5.50. The first kappa shape index (κ1) is 12.6. The minimum atomic E-state index is -0.546. The van der Waals surface area contributed by atoms with E-state index < -0.39 is 5.82 Å². The highest BCUT2D eigenvalue weighted by molar-refractivity contribution is 6.39. The van der Waals surface area contributed by atoms with E-state index in [4.69, 9.17) is 28.5 Å². The summed E-state index contributed by atoms with van der Waals surface area (Å²) < 4.78 is 13.0. The second kappa shape index (κ2) is 5.17. The predicted octanol–water partition coefficient (Wildman–Crippen LogP) is 3.54. The highest BCUT2D eigenvalue weighted by atomic mass is 35.5. The van der Waals surface area contributed by atoms with Crippen LogP contribution < -0.4 is 5.32 Å². The van der Waals surface area contributed by atoms with Crippen molar-refractivity contribution in [2.75, 3.05) is 5.32 Å². The summed E-state index contributed by atoms with van der Waals surface area (Å²) in [5.41, 5.74) is 0.366. The predicted molar refractivity (Wildman–Crippen MR) is 66.4 cm³/mol. The lowest BCUT2D eigenvalue weighted by Gasteiger charge is -2.10. The molecule has 18 heavy (non-hydrogen) atoms. The SMILES string of the molecule is N#Cc1nccnc1Nc1c(Cl)cc(F)cc1Cl. The molecule has 0 aliphatic rings. The molecule has 7 heteroatoms. The van der Waals surface area contributed by atoms with Gasteiger partial charge in [0, 0.05) is 12.4 Å². The Balaban J connectivity index is 2.44. The van der Waals surface area contributed by atoms with Crippen molar-refractivity contribution in [3.63, 3.8) is 0 Å². The molecule has 0 fully saturated rings. The fraction of sp³-hybridized carbons (Fsp3) is 0. The number of nitriles is 1. The molecule has 1 N–H and O–H groups in total. The minimum Gasteiger partial charge on any atom is -0.335 e. The van der Waals surface area contributed by atoms with Crippen LogP contribution in [0.3, 0.4) is 0 Å². The topological polar surface area (TPSA) is 61.6 Å². The van der Waals surface area contributed by atoms with E-state index in [2.05, 4.69) is 15.3 Å². The Kier molecular flexibility index (Phi) is 3.60. The van der Waals surface area contributed by atoms with Gasteiger partial charge < -0.3 is 5.32 Å². The van der Waals surface area contributed by atoms with Crippen LogP contribution in [-0.2, 0) is 0 Å². The average molecular weight is 283 g/mol. The average Bonchev–Trinajstić information content (AvgIpc) is 2.34. The van der Waals surface area contributed by atoms with E-state index >= 15 is 0 Å². The highest BCUT2D eigenvalue weighted by Gasteiger charge is 2.12. The van der Waals surface area contributed by atoms with E-state index in [1.54, 1.807) is 0 Å². The molecule has 0 saturated carbocycles. The van der Waals surface area contributed by atoms with E-state index in [0.717, 1.165) is 12.1 Å². The van der Waals surface area contributed by atoms with E-state index in [9.17, 15) is 4.39 Å². The van der Waals surface area contributed by atoms with E-state index in [1.807, 2.05) is 6.07 Å². The molecule has 0 saturated heterocycles.